The highest BCUT2D eigenvalue weighted by atomic mass is 32.1. The number of methoxy groups -OCH3 is 1. The fraction of sp³-hybridized carbons (Fsp3) is 0.143. The SMILES string of the molecule is COc1sc(C=O)cc1C=O. The van der Waals surface area contributed by atoms with Gasteiger partial charge in [-0.2, -0.15) is 0 Å². The number of thiophene rings is 1. The Kier molecular flexibility index (Phi) is 2.38. The van der Waals surface area contributed by atoms with Gasteiger partial charge < -0.3 is 4.74 Å². The average molecular weight is 170 g/mol. The van der Waals surface area contributed by atoms with Gasteiger partial charge in [0.1, 0.15) is 0 Å². The first-order valence-electron chi connectivity index (χ1n) is 2.90. The van der Waals surface area contributed by atoms with E-state index in [1.807, 2.05) is 0 Å². The fourth-order valence-corrected chi connectivity index (χ4v) is 1.46. The summed E-state index contributed by atoms with van der Waals surface area (Å²) in [5.74, 6) is 0. The lowest BCUT2D eigenvalue weighted by atomic mass is 10.3. The first-order chi connectivity index (χ1) is 5.31. The summed E-state index contributed by atoms with van der Waals surface area (Å²) in [5.41, 5.74) is 0.430. The fourth-order valence-electron chi connectivity index (χ4n) is 0.707. The third-order valence-electron chi connectivity index (χ3n) is 1.17. The second-order valence-electron chi connectivity index (χ2n) is 1.83. The molecular weight excluding hydrogens is 164 g/mol. The van der Waals surface area contributed by atoms with Crippen LogP contribution >= 0.6 is 11.3 Å². The molecule has 0 saturated carbocycles. The van der Waals surface area contributed by atoms with Crippen LogP contribution in [0.5, 0.6) is 5.06 Å². The predicted molar refractivity (Wildman–Crippen MR) is 41.6 cm³/mol. The van der Waals surface area contributed by atoms with Gasteiger partial charge in [0, 0.05) is 0 Å². The highest BCUT2D eigenvalue weighted by Gasteiger charge is 2.06. The van der Waals surface area contributed by atoms with Crippen molar-refractivity contribution in [3.63, 3.8) is 0 Å². The maximum absolute atomic E-state index is 10.3. The first kappa shape index (κ1) is 7.94. The van der Waals surface area contributed by atoms with E-state index in [0.717, 1.165) is 11.3 Å². The van der Waals surface area contributed by atoms with E-state index in [1.165, 1.54) is 13.2 Å². The molecule has 0 atom stereocenters. The van der Waals surface area contributed by atoms with E-state index < -0.39 is 0 Å². The summed E-state index contributed by atoms with van der Waals surface area (Å²) in [4.78, 5) is 21.1. The van der Waals surface area contributed by atoms with Crippen LogP contribution in [0.15, 0.2) is 6.07 Å². The van der Waals surface area contributed by atoms with Crippen molar-refractivity contribution in [2.75, 3.05) is 7.11 Å². The molecule has 0 aliphatic carbocycles. The van der Waals surface area contributed by atoms with E-state index in [-0.39, 0.29) is 0 Å². The molecule has 0 aliphatic heterocycles. The van der Waals surface area contributed by atoms with Crippen molar-refractivity contribution in [2.24, 2.45) is 0 Å². The van der Waals surface area contributed by atoms with Crippen LogP contribution in [0.2, 0.25) is 0 Å². The number of hydrogen-bond donors (Lipinski definition) is 0. The standard InChI is InChI=1S/C7H6O3S/c1-10-7-5(3-8)2-6(4-9)11-7/h2-4H,1H3. The van der Waals surface area contributed by atoms with Gasteiger partial charge >= 0.3 is 0 Å². The zero-order valence-corrected chi connectivity index (χ0v) is 6.68. The lowest BCUT2D eigenvalue weighted by Gasteiger charge is -1.91. The maximum atomic E-state index is 10.3. The first-order valence-corrected chi connectivity index (χ1v) is 3.71. The van der Waals surface area contributed by atoms with Crippen LogP contribution in [-0.2, 0) is 0 Å². The number of rotatable bonds is 3. The summed E-state index contributed by atoms with van der Waals surface area (Å²) in [6.07, 6.45) is 1.36. The number of carbonyl (C=O) groups excluding carboxylic acids is 2. The summed E-state index contributed by atoms with van der Waals surface area (Å²) >= 11 is 1.16. The molecule has 0 aliphatic rings. The summed E-state index contributed by atoms with van der Waals surface area (Å²) in [5, 5.41) is 0.488. The normalized spacial score (nSPS) is 9.18. The van der Waals surface area contributed by atoms with Crippen LogP contribution in [-0.4, -0.2) is 19.7 Å². The number of hydrogen-bond acceptors (Lipinski definition) is 4. The molecule has 11 heavy (non-hydrogen) atoms. The largest absolute Gasteiger partial charge is 0.487 e. The molecule has 0 aromatic carbocycles. The van der Waals surface area contributed by atoms with E-state index in [4.69, 9.17) is 4.74 Å². The maximum Gasteiger partial charge on any atom is 0.184 e. The van der Waals surface area contributed by atoms with Gasteiger partial charge in [0.25, 0.3) is 0 Å². The molecule has 4 heteroatoms. The van der Waals surface area contributed by atoms with Gasteiger partial charge in [-0.1, -0.05) is 11.3 Å². The lowest BCUT2D eigenvalue weighted by molar-refractivity contribution is 0.111. The molecule has 0 spiro atoms. The van der Waals surface area contributed by atoms with Gasteiger partial charge in [-0.3, -0.25) is 9.59 Å². The van der Waals surface area contributed by atoms with E-state index in [2.05, 4.69) is 0 Å². The molecule has 58 valence electrons. The molecule has 3 nitrogen and oxygen atoms in total. The zero-order chi connectivity index (χ0) is 8.27. The minimum absolute atomic E-state index is 0.430. The average Bonchev–Trinajstić information content (AvgIpc) is 2.46. The Hall–Kier alpha value is -1.16. The summed E-state index contributed by atoms with van der Waals surface area (Å²) in [7, 11) is 1.47. The van der Waals surface area contributed by atoms with Crippen molar-refractivity contribution >= 4 is 23.9 Å². The predicted octanol–water partition coefficient (Wildman–Crippen LogP) is 1.38. The molecular formula is C7H6O3S. The molecule has 0 amide bonds. The third kappa shape index (κ3) is 1.46. The second-order valence-corrected chi connectivity index (χ2v) is 2.88. The Bertz CT molecular complexity index is 277. The second kappa shape index (κ2) is 3.30. The van der Waals surface area contributed by atoms with Crippen molar-refractivity contribution in [3.8, 4) is 5.06 Å². The molecule has 1 heterocycles. The molecule has 1 aromatic rings. The number of ether oxygens (including phenoxy) is 1. The van der Waals surface area contributed by atoms with Gasteiger partial charge in [-0.05, 0) is 6.07 Å². The van der Waals surface area contributed by atoms with Crippen molar-refractivity contribution < 1.29 is 14.3 Å². The molecule has 0 fully saturated rings. The van der Waals surface area contributed by atoms with Crippen LogP contribution in [0.1, 0.15) is 20.0 Å². The Morgan fingerprint density at radius 1 is 1.45 bits per heavy atom. The van der Waals surface area contributed by atoms with E-state index in [0.29, 0.717) is 28.1 Å². The quantitative estimate of drug-likeness (QED) is 0.643. The summed E-state index contributed by atoms with van der Waals surface area (Å²) in [6, 6.07) is 1.50. The third-order valence-corrected chi connectivity index (χ3v) is 2.21. The Balaban J connectivity index is 3.11. The van der Waals surface area contributed by atoms with Gasteiger partial charge in [0.15, 0.2) is 17.6 Å². The van der Waals surface area contributed by atoms with Crippen molar-refractivity contribution in [1.29, 1.82) is 0 Å². The minimum Gasteiger partial charge on any atom is -0.487 e. The Morgan fingerprint density at radius 2 is 2.18 bits per heavy atom. The molecule has 0 unspecified atom stereocenters. The lowest BCUT2D eigenvalue weighted by Crippen LogP contribution is -1.82. The van der Waals surface area contributed by atoms with Crippen LogP contribution in [0, 0.1) is 0 Å². The molecule has 1 rings (SSSR count). The smallest absolute Gasteiger partial charge is 0.184 e. The van der Waals surface area contributed by atoms with Crippen LogP contribution in [0.4, 0.5) is 0 Å². The van der Waals surface area contributed by atoms with E-state index in [1.54, 1.807) is 0 Å². The van der Waals surface area contributed by atoms with Gasteiger partial charge in [-0.15, -0.1) is 0 Å². The van der Waals surface area contributed by atoms with Crippen molar-refractivity contribution in [3.05, 3.63) is 16.5 Å². The minimum atomic E-state index is 0.430. The van der Waals surface area contributed by atoms with Crippen LogP contribution in [0.25, 0.3) is 0 Å². The molecule has 0 saturated heterocycles. The van der Waals surface area contributed by atoms with Crippen molar-refractivity contribution in [1.82, 2.24) is 0 Å². The molecule has 0 N–H and O–H groups in total. The van der Waals surface area contributed by atoms with Crippen LogP contribution < -0.4 is 4.74 Å². The van der Waals surface area contributed by atoms with Gasteiger partial charge in [0.2, 0.25) is 0 Å². The summed E-state index contributed by atoms with van der Waals surface area (Å²) in [6.45, 7) is 0. The monoisotopic (exact) mass is 170 g/mol. The zero-order valence-electron chi connectivity index (χ0n) is 5.87. The molecule has 1 aromatic heterocycles. The molecule has 0 bridgehead atoms. The summed E-state index contributed by atoms with van der Waals surface area (Å²) < 4.78 is 4.85. The van der Waals surface area contributed by atoms with Gasteiger partial charge in [-0.25, -0.2) is 0 Å². The number of carbonyl (C=O) groups is 2. The van der Waals surface area contributed by atoms with Crippen LogP contribution in [0.3, 0.4) is 0 Å². The van der Waals surface area contributed by atoms with Crippen molar-refractivity contribution in [2.45, 2.75) is 0 Å². The van der Waals surface area contributed by atoms with E-state index >= 15 is 0 Å². The van der Waals surface area contributed by atoms with Gasteiger partial charge in [0.05, 0.1) is 17.6 Å². The Labute approximate surface area is 67.6 Å². The van der Waals surface area contributed by atoms with E-state index in [9.17, 15) is 9.59 Å². The number of aldehydes is 2. The highest BCUT2D eigenvalue weighted by Crippen LogP contribution is 2.27. The Morgan fingerprint density at radius 3 is 2.55 bits per heavy atom. The molecule has 0 radical (unpaired) electrons. The topological polar surface area (TPSA) is 43.4 Å². The highest BCUT2D eigenvalue weighted by molar-refractivity contribution is 7.15.